The third kappa shape index (κ3) is 2.63. The Morgan fingerprint density at radius 1 is 1.08 bits per heavy atom. The Balaban J connectivity index is 1.41. The molecule has 4 unspecified atom stereocenters. The minimum atomic E-state index is -0.0633. The second kappa shape index (κ2) is 5.79. The molecule has 0 radical (unpaired) electrons. The van der Waals surface area contributed by atoms with Crippen LogP contribution in [0.1, 0.15) is 50.6 Å². The lowest BCUT2D eigenvalue weighted by Crippen LogP contribution is -2.35. The standard InChI is InChI=1S/C23H25NO/c25-22(10-9-20-8-7-17-4-1-2-6-21(17)24-20)23-11-3-5-18-12-16(14-23)13-19(18)15-23/h1-2,4,6-10,16,18-19H,3,5,11-15H2/b10-9+. The first-order chi connectivity index (χ1) is 12.2. The molecule has 0 amide bonds. The third-order valence-corrected chi connectivity index (χ3v) is 7.05. The number of hydrogen-bond acceptors (Lipinski definition) is 2. The molecule has 1 heterocycles. The highest BCUT2D eigenvalue weighted by Crippen LogP contribution is 2.59. The molecule has 2 heteroatoms. The molecule has 25 heavy (non-hydrogen) atoms. The second-order valence-corrected chi connectivity index (χ2v) is 8.56. The molecule has 0 aliphatic heterocycles. The van der Waals surface area contributed by atoms with Crippen LogP contribution in [0.15, 0.2) is 42.5 Å². The van der Waals surface area contributed by atoms with E-state index in [0.717, 1.165) is 53.6 Å². The number of pyridine rings is 1. The number of hydrogen-bond donors (Lipinski definition) is 0. The van der Waals surface area contributed by atoms with E-state index in [1.54, 1.807) is 0 Å². The summed E-state index contributed by atoms with van der Waals surface area (Å²) in [7, 11) is 0. The summed E-state index contributed by atoms with van der Waals surface area (Å²) in [5, 5.41) is 1.14. The van der Waals surface area contributed by atoms with E-state index < -0.39 is 0 Å². The lowest BCUT2D eigenvalue weighted by Gasteiger charge is -2.38. The summed E-state index contributed by atoms with van der Waals surface area (Å²) in [6.07, 6.45) is 12.5. The molecule has 128 valence electrons. The van der Waals surface area contributed by atoms with Gasteiger partial charge >= 0.3 is 0 Å². The summed E-state index contributed by atoms with van der Waals surface area (Å²) < 4.78 is 0. The summed E-state index contributed by atoms with van der Waals surface area (Å²) in [5.74, 6) is 2.89. The van der Waals surface area contributed by atoms with Gasteiger partial charge in [0, 0.05) is 10.8 Å². The van der Waals surface area contributed by atoms with Gasteiger partial charge in [-0.25, -0.2) is 4.98 Å². The number of benzene rings is 1. The Kier molecular flexibility index (Phi) is 3.55. The summed E-state index contributed by atoms with van der Waals surface area (Å²) in [5.41, 5.74) is 1.81. The number of nitrogens with zero attached hydrogens (tertiary/aromatic N) is 1. The quantitative estimate of drug-likeness (QED) is 0.703. The second-order valence-electron chi connectivity index (χ2n) is 8.56. The van der Waals surface area contributed by atoms with Gasteiger partial charge in [0.2, 0.25) is 0 Å². The third-order valence-electron chi connectivity index (χ3n) is 7.05. The van der Waals surface area contributed by atoms with Crippen molar-refractivity contribution in [2.45, 2.75) is 44.9 Å². The largest absolute Gasteiger partial charge is 0.294 e. The lowest BCUT2D eigenvalue weighted by atomic mass is 9.65. The van der Waals surface area contributed by atoms with Crippen LogP contribution in [0, 0.1) is 23.2 Å². The van der Waals surface area contributed by atoms with Crippen LogP contribution < -0.4 is 0 Å². The van der Waals surface area contributed by atoms with Crippen LogP contribution in [0.5, 0.6) is 0 Å². The van der Waals surface area contributed by atoms with Crippen LogP contribution in [0.2, 0.25) is 0 Å². The summed E-state index contributed by atoms with van der Waals surface area (Å²) in [6.45, 7) is 0. The molecule has 2 aromatic rings. The Morgan fingerprint density at radius 3 is 2.92 bits per heavy atom. The minimum absolute atomic E-state index is 0.0633. The number of carbonyl (C=O) groups is 1. The Morgan fingerprint density at radius 2 is 1.96 bits per heavy atom. The number of aromatic nitrogens is 1. The molecule has 0 spiro atoms. The van der Waals surface area contributed by atoms with Crippen molar-refractivity contribution in [1.29, 1.82) is 0 Å². The first-order valence-corrected chi connectivity index (χ1v) is 9.80. The van der Waals surface area contributed by atoms with Crippen molar-refractivity contribution < 1.29 is 4.79 Å². The minimum Gasteiger partial charge on any atom is -0.294 e. The molecule has 3 saturated carbocycles. The maximum Gasteiger partial charge on any atom is 0.161 e. The van der Waals surface area contributed by atoms with Gasteiger partial charge in [0.15, 0.2) is 5.78 Å². The van der Waals surface area contributed by atoms with Gasteiger partial charge in [-0.2, -0.15) is 0 Å². The van der Waals surface area contributed by atoms with E-state index >= 15 is 0 Å². The topological polar surface area (TPSA) is 30.0 Å². The van der Waals surface area contributed by atoms with Gasteiger partial charge in [-0.05, 0) is 74.1 Å². The number of carbonyl (C=O) groups excluding carboxylic acids is 1. The number of rotatable bonds is 3. The van der Waals surface area contributed by atoms with E-state index in [-0.39, 0.29) is 5.41 Å². The van der Waals surface area contributed by atoms with Crippen LogP contribution in [0.3, 0.4) is 0 Å². The van der Waals surface area contributed by atoms with Crippen LogP contribution in [-0.4, -0.2) is 10.8 Å². The molecular formula is C23H25NO. The van der Waals surface area contributed by atoms with E-state index in [9.17, 15) is 4.79 Å². The fraction of sp³-hybridized carbons (Fsp3) is 0.478. The zero-order valence-electron chi connectivity index (χ0n) is 14.7. The fourth-order valence-electron chi connectivity index (χ4n) is 5.99. The average Bonchev–Trinajstić information content (AvgIpc) is 2.85. The highest BCUT2D eigenvalue weighted by molar-refractivity contribution is 5.98. The van der Waals surface area contributed by atoms with E-state index in [1.807, 2.05) is 36.4 Å². The maximum absolute atomic E-state index is 13.2. The van der Waals surface area contributed by atoms with Gasteiger partial charge in [0.05, 0.1) is 11.2 Å². The van der Waals surface area contributed by atoms with Gasteiger partial charge < -0.3 is 0 Å². The predicted molar refractivity (Wildman–Crippen MR) is 101 cm³/mol. The monoisotopic (exact) mass is 331 g/mol. The molecular weight excluding hydrogens is 306 g/mol. The predicted octanol–water partition coefficient (Wildman–Crippen LogP) is 5.42. The van der Waals surface area contributed by atoms with E-state index in [2.05, 4.69) is 17.1 Å². The van der Waals surface area contributed by atoms with Gasteiger partial charge in [-0.1, -0.05) is 37.1 Å². The van der Waals surface area contributed by atoms with Crippen LogP contribution >= 0.6 is 0 Å². The summed E-state index contributed by atoms with van der Waals surface area (Å²) >= 11 is 0. The zero-order chi connectivity index (χ0) is 16.9. The fourth-order valence-corrected chi connectivity index (χ4v) is 5.99. The average molecular weight is 331 g/mol. The van der Waals surface area contributed by atoms with Crippen molar-refractivity contribution in [2.24, 2.45) is 23.2 Å². The number of fused-ring (bicyclic) bond motifs is 3. The highest BCUT2D eigenvalue weighted by Gasteiger charge is 2.52. The molecule has 5 rings (SSSR count). The summed E-state index contributed by atoms with van der Waals surface area (Å²) in [4.78, 5) is 17.8. The zero-order valence-corrected chi connectivity index (χ0v) is 14.7. The van der Waals surface area contributed by atoms with Crippen molar-refractivity contribution >= 4 is 22.8 Å². The molecule has 3 fully saturated rings. The van der Waals surface area contributed by atoms with Crippen molar-refractivity contribution in [3.05, 3.63) is 48.2 Å². The molecule has 0 saturated heterocycles. The molecule has 3 aliphatic rings. The molecule has 1 aromatic carbocycles. The molecule has 2 nitrogen and oxygen atoms in total. The van der Waals surface area contributed by atoms with E-state index in [1.165, 1.54) is 25.7 Å². The maximum atomic E-state index is 13.2. The molecule has 1 aromatic heterocycles. The Bertz CT molecular complexity index is 854. The van der Waals surface area contributed by atoms with Crippen molar-refractivity contribution in [3.8, 4) is 0 Å². The molecule has 3 bridgehead atoms. The number of para-hydroxylation sites is 1. The van der Waals surface area contributed by atoms with Crippen molar-refractivity contribution in [3.63, 3.8) is 0 Å². The van der Waals surface area contributed by atoms with Gasteiger partial charge in [0.1, 0.15) is 0 Å². The van der Waals surface area contributed by atoms with Crippen LogP contribution in [0.4, 0.5) is 0 Å². The molecule has 4 atom stereocenters. The normalized spacial score (nSPS) is 33.8. The number of allylic oxidation sites excluding steroid dienone is 1. The van der Waals surface area contributed by atoms with Crippen molar-refractivity contribution in [2.75, 3.05) is 0 Å². The van der Waals surface area contributed by atoms with Gasteiger partial charge in [-0.3, -0.25) is 4.79 Å². The van der Waals surface area contributed by atoms with Crippen LogP contribution in [0.25, 0.3) is 17.0 Å². The first-order valence-electron chi connectivity index (χ1n) is 9.80. The Hall–Kier alpha value is -1.96. The van der Waals surface area contributed by atoms with Crippen molar-refractivity contribution in [1.82, 2.24) is 4.98 Å². The smallest absolute Gasteiger partial charge is 0.161 e. The van der Waals surface area contributed by atoms with Crippen LogP contribution in [-0.2, 0) is 4.79 Å². The summed E-state index contributed by atoms with van der Waals surface area (Å²) in [6, 6.07) is 12.2. The van der Waals surface area contributed by atoms with E-state index in [0.29, 0.717) is 5.78 Å². The lowest BCUT2D eigenvalue weighted by molar-refractivity contribution is -0.127. The van der Waals surface area contributed by atoms with E-state index in [4.69, 9.17) is 0 Å². The Labute approximate surface area is 149 Å². The first kappa shape index (κ1) is 15.3. The SMILES string of the molecule is O=C(/C=C/c1ccc2ccccc2n1)C12CCCC3CC(CC3C1)C2. The molecule has 3 aliphatic carbocycles. The highest BCUT2D eigenvalue weighted by atomic mass is 16.1. The number of ketones is 1. The van der Waals surface area contributed by atoms with Gasteiger partial charge in [0.25, 0.3) is 0 Å². The molecule has 0 N–H and O–H groups in total. The van der Waals surface area contributed by atoms with Gasteiger partial charge in [-0.15, -0.1) is 0 Å².